The van der Waals surface area contributed by atoms with Gasteiger partial charge in [0, 0.05) is 6.04 Å². The molecule has 3 rings (SSSR count). The van der Waals surface area contributed by atoms with E-state index in [1.165, 1.54) is 48.8 Å². The average Bonchev–Trinajstić information content (AvgIpc) is 2.88. The molecule has 1 aliphatic heterocycles. The van der Waals surface area contributed by atoms with Gasteiger partial charge in [0.25, 0.3) is 0 Å². The lowest BCUT2D eigenvalue weighted by Crippen LogP contribution is -2.34. The Balaban J connectivity index is 1.82. The number of hydrogen-bond acceptors (Lipinski definition) is 3. The molecule has 98 valence electrons. The van der Waals surface area contributed by atoms with E-state index in [-0.39, 0.29) is 0 Å². The first-order chi connectivity index (χ1) is 8.88. The van der Waals surface area contributed by atoms with Gasteiger partial charge in [-0.05, 0) is 35.4 Å². The van der Waals surface area contributed by atoms with Crippen molar-refractivity contribution in [2.24, 2.45) is 11.8 Å². The fourth-order valence-corrected chi connectivity index (χ4v) is 3.36. The van der Waals surface area contributed by atoms with Gasteiger partial charge in [-0.1, -0.05) is 37.5 Å². The summed E-state index contributed by atoms with van der Waals surface area (Å²) in [4.78, 5) is 0. The van der Waals surface area contributed by atoms with E-state index in [4.69, 9.17) is 10.6 Å². The van der Waals surface area contributed by atoms with Crippen LogP contribution in [-0.2, 0) is 18.0 Å². The van der Waals surface area contributed by atoms with Crippen molar-refractivity contribution < 1.29 is 4.74 Å². The monoisotopic (exact) mass is 246 g/mol. The largest absolute Gasteiger partial charge is 0.372 e. The lowest BCUT2D eigenvalue weighted by atomic mass is 9.81. The number of fused-ring (bicyclic) bond motifs is 1. The molecule has 0 aromatic heterocycles. The van der Waals surface area contributed by atoms with E-state index in [1.54, 1.807) is 0 Å². The molecule has 0 saturated heterocycles. The summed E-state index contributed by atoms with van der Waals surface area (Å²) in [5, 5.41) is 0. The van der Waals surface area contributed by atoms with Gasteiger partial charge in [0.2, 0.25) is 0 Å². The fraction of sp³-hybridized carbons (Fsp3) is 0.600. The molecule has 0 radical (unpaired) electrons. The minimum atomic E-state index is 0.302. The second-order valence-electron chi connectivity index (χ2n) is 5.56. The Morgan fingerprint density at radius 3 is 2.67 bits per heavy atom. The molecule has 3 N–H and O–H groups in total. The molecule has 0 bridgehead atoms. The third-order valence-electron chi connectivity index (χ3n) is 4.41. The maximum atomic E-state index is 5.80. The van der Waals surface area contributed by atoms with Gasteiger partial charge < -0.3 is 4.74 Å². The number of nitrogens with two attached hydrogens (primary N) is 1. The highest BCUT2D eigenvalue weighted by Crippen LogP contribution is 2.35. The van der Waals surface area contributed by atoms with Crippen molar-refractivity contribution in [3.8, 4) is 0 Å². The first kappa shape index (κ1) is 12.2. The Hall–Kier alpha value is -0.900. The molecule has 1 aliphatic carbocycles. The third-order valence-corrected chi connectivity index (χ3v) is 4.41. The summed E-state index contributed by atoms with van der Waals surface area (Å²) in [6.07, 6.45) is 6.66. The zero-order chi connectivity index (χ0) is 12.4. The van der Waals surface area contributed by atoms with Crippen molar-refractivity contribution in [3.63, 3.8) is 0 Å². The smallest absolute Gasteiger partial charge is 0.0725 e. The van der Waals surface area contributed by atoms with Crippen LogP contribution in [0.2, 0.25) is 0 Å². The number of ether oxygens (including phenoxy) is 1. The van der Waals surface area contributed by atoms with Crippen LogP contribution in [-0.4, -0.2) is 0 Å². The van der Waals surface area contributed by atoms with Gasteiger partial charge in [0.05, 0.1) is 13.2 Å². The molecular formula is C15H22N2O. The summed E-state index contributed by atoms with van der Waals surface area (Å²) >= 11 is 0. The lowest BCUT2D eigenvalue weighted by Gasteiger charge is -2.30. The van der Waals surface area contributed by atoms with Crippen LogP contribution in [0.3, 0.4) is 0 Å². The highest BCUT2D eigenvalue weighted by Gasteiger charge is 2.25. The first-order valence-electron chi connectivity index (χ1n) is 7.04. The van der Waals surface area contributed by atoms with Gasteiger partial charge in [-0.25, -0.2) is 0 Å². The molecule has 3 nitrogen and oxygen atoms in total. The summed E-state index contributed by atoms with van der Waals surface area (Å²) in [5.74, 6) is 6.48. The Bertz CT molecular complexity index is 413. The molecule has 0 amide bonds. The molecule has 1 fully saturated rings. The fourth-order valence-electron chi connectivity index (χ4n) is 3.36. The Kier molecular flexibility index (Phi) is 3.64. The van der Waals surface area contributed by atoms with Gasteiger partial charge in [-0.15, -0.1) is 0 Å². The van der Waals surface area contributed by atoms with E-state index in [1.807, 2.05) is 0 Å². The van der Waals surface area contributed by atoms with Crippen LogP contribution in [0.4, 0.5) is 0 Å². The van der Waals surface area contributed by atoms with Crippen molar-refractivity contribution in [1.82, 2.24) is 5.43 Å². The number of benzene rings is 1. The van der Waals surface area contributed by atoms with Gasteiger partial charge >= 0.3 is 0 Å². The van der Waals surface area contributed by atoms with E-state index in [9.17, 15) is 0 Å². The molecule has 1 aromatic carbocycles. The topological polar surface area (TPSA) is 47.3 Å². The van der Waals surface area contributed by atoms with Crippen molar-refractivity contribution in [1.29, 1.82) is 0 Å². The van der Waals surface area contributed by atoms with Crippen molar-refractivity contribution in [3.05, 3.63) is 34.9 Å². The first-order valence-corrected chi connectivity index (χ1v) is 7.04. The number of rotatable bonds is 3. The quantitative estimate of drug-likeness (QED) is 0.637. The Morgan fingerprint density at radius 1 is 1.11 bits per heavy atom. The van der Waals surface area contributed by atoms with E-state index < -0.39 is 0 Å². The summed E-state index contributed by atoms with van der Waals surface area (Å²) in [6.45, 7) is 1.52. The predicted octanol–water partition coefficient (Wildman–Crippen LogP) is 2.80. The molecular weight excluding hydrogens is 224 g/mol. The molecule has 1 saturated carbocycles. The predicted molar refractivity (Wildman–Crippen MR) is 71.6 cm³/mol. The van der Waals surface area contributed by atoms with Crippen molar-refractivity contribution in [2.45, 2.75) is 51.4 Å². The van der Waals surface area contributed by atoms with E-state index in [2.05, 4.69) is 23.6 Å². The van der Waals surface area contributed by atoms with Crippen LogP contribution in [0.5, 0.6) is 0 Å². The highest BCUT2D eigenvalue weighted by atomic mass is 16.5. The third kappa shape index (κ3) is 2.30. The summed E-state index contributed by atoms with van der Waals surface area (Å²) in [5.41, 5.74) is 7.03. The highest BCUT2D eigenvalue weighted by molar-refractivity contribution is 5.34. The summed E-state index contributed by atoms with van der Waals surface area (Å²) in [6, 6.07) is 7.00. The van der Waals surface area contributed by atoms with Crippen LogP contribution >= 0.6 is 0 Å². The van der Waals surface area contributed by atoms with Crippen LogP contribution < -0.4 is 11.3 Å². The molecule has 1 aromatic rings. The minimum absolute atomic E-state index is 0.302. The molecule has 1 unspecified atom stereocenters. The Labute approximate surface area is 109 Å². The van der Waals surface area contributed by atoms with Crippen LogP contribution in [0, 0.1) is 5.92 Å². The number of hydrogen-bond donors (Lipinski definition) is 2. The van der Waals surface area contributed by atoms with Crippen molar-refractivity contribution >= 4 is 0 Å². The van der Waals surface area contributed by atoms with Gasteiger partial charge in [0.1, 0.15) is 0 Å². The zero-order valence-corrected chi connectivity index (χ0v) is 10.8. The van der Waals surface area contributed by atoms with E-state index >= 15 is 0 Å². The standard InChI is InChI=1S/C15H22N2O/c16-17-15(11-4-2-1-3-5-11)12-6-7-13-9-18-10-14(13)8-12/h6-8,11,15,17H,1-5,9-10,16H2. The second kappa shape index (κ2) is 5.39. The van der Waals surface area contributed by atoms with Crippen molar-refractivity contribution in [2.75, 3.05) is 0 Å². The number of nitrogens with one attached hydrogen (secondary N) is 1. The molecule has 1 atom stereocenters. The summed E-state index contributed by atoms with van der Waals surface area (Å²) < 4.78 is 5.48. The number of hydrazine groups is 1. The van der Waals surface area contributed by atoms with E-state index in [0.717, 1.165) is 13.2 Å². The van der Waals surface area contributed by atoms with Gasteiger partial charge in [0.15, 0.2) is 0 Å². The van der Waals surface area contributed by atoms with Crippen LogP contribution in [0.1, 0.15) is 54.8 Å². The van der Waals surface area contributed by atoms with Gasteiger partial charge in [-0.2, -0.15) is 0 Å². The van der Waals surface area contributed by atoms with Crippen LogP contribution in [0.15, 0.2) is 18.2 Å². The minimum Gasteiger partial charge on any atom is -0.372 e. The Morgan fingerprint density at radius 2 is 1.89 bits per heavy atom. The zero-order valence-electron chi connectivity index (χ0n) is 10.8. The van der Waals surface area contributed by atoms with E-state index in [0.29, 0.717) is 12.0 Å². The normalized spacial score (nSPS) is 21.8. The SMILES string of the molecule is NNC(c1ccc2c(c1)COC2)C1CCCCC1. The maximum absolute atomic E-state index is 5.80. The lowest BCUT2D eigenvalue weighted by molar-refractivity contribution is 0.134. The average molecular weight is 246 g/mol. The molecule has 0 spiro atoms. The van der Waals surface area contributed by atoms with Crippen LogP contribution in [0.25, 0.3) is 0 Å². The summed E-state index contributed by atoms with van der Waals surface area (Å²) in [7, 11) is 0. The van der Waals surface area contributed by atoms with Gasteiger partial charge in [-0.3, -0.25) is 11.3 Å². The second-order valence-corrected chi connectivity index (χ2v) is 5.56. The molecule has 18 heavy (non-hydrogen) atoms. The molecule has 1 heterocycles. The molecule has 3 heteroatoms. The molecule has 2 aliphatic rings. The maximum Gasteiger partial charge on any atom is 0.0725 e.